The second-order valence-corrected chi connectivity index (χ2v) is 7.97. The third kappa shape index (κ3) is 5.86. The minimum Gasteiger partial charge on any atom is -0.394 e. The highest BCUT2D eigenvalue weighted by Gasteiger charge is 2.54. The number of epoxide rings is 1. The number of nitrogens with one attached hydrogen (secondary N) is 2. The number of amides is 2. The van der Waals surface area contributed by atoms with Crippen LogP contribution in [0.25, 0.3) is 0 Å². The molecule has 0 radical (unpaired) electrons. The maximum absolute atomic E-state index is 12.7. The molecule has 0 bridgehead atoms. The monoisotopic (exact) mass is 447 g/mol. The van der Waals surface area contributed by atoms with Crippen LogP contribution in [0.3, 0.4) is 0 Å². The van der Waals surface area contributed by atoms with Gasteiger partial charge in [-0.2, -0.15) is 0 Å². The van der Waals surface area contributed by atoms with Gasteiger partial charge in [0.2, 0.25) is 5.91 Å². The van der Waals surface area contributed by atoms with E-state index < -0.39 is 48.5 Å². The van der Waals surface area contributed by atoms with E-state index in [9.17, 15) is 24.6 Å². The van der Waals surface area contributed by atoms with Crippen molar-refractivity contribution in [1.82, 2.24) is 15.6 Å². The van der Waals surface area contributed by atoms with E-state index in [4.69, 9.17) is 27.9 Å². The van der Waals surface area contributed by atoms with E-state index in [0.29, 0.717) is 6.42 Å². The number of hydrogen-bond acceptors (Lipinski definition) is 7. The summed E-state index contributed by atoms with van der Waals surface area (Å²) >= 11 is 11.5. The number of aromatic nitrogens is 1. The zero-order valence-electron chi connectivity index (χ0n) is 15.9. The number of nitrogens with zero attached hydrogens (tertiary/aromatic N) is 1. The van der Waals surface area contributed by atoms with E-state index in [-0.39, 0.29) is 28.3 Å². The van der Waals surface area contributed by atoms with Crippen molar-refractivity contribution in [2.75, 3.05) is 19.8 Å². The zero-order valence-corrected chi connectivity index (χ0v) is 17.5. The molecule has 3 atom stereocenters. The number of ketones is 1. The Hall–Kier alpha value is -1.78. The number of carbonyl (C=O) groups is 3. The number of hydrogen-bond donors (Lipinski definition) is 4. The summed E-state index contributed by atoms with van der Waals surface area (Å²) in [6, 6.07) is -0.974. The Bertz CT molecular complexity index is 785. The Balaban J connectivity index is 2.08. The van der Waals surface area contributed by atoms with E-state index in [2.05, 4.69) is 15.6 Å². The molecule has 1 aromatic heterocycles. The van der Waals surface area contributed by atoms with Gasteiger partial charge in [0, 0.05) is 6.20 Å². The van der Waals surface area contributed by atoms with Crippen LogP contribution in [0.15, 0.2) is 12.3 Å². The first kappa shape index (κ1) is 23.5. The number of halogens is 2. The fourth-order valence-corrected chi connectivity index (χ4v) is 2.94. The van der Waals surface area contributed by atoms with Gasteiger partial charge in [0.05, 0.1) is 36.4 Å². The first-order chi connectivity index (χ1) is 13.6. The summed E-state index contributed by atoms with van der Waals surface area (Å²) in [5, 5.41) is 23.9. The Morgan fingerprint density at radius 2 is 1.90 bits per heavy atom. The summed E-state index contributed by atoms with van der Waals surface area (Å²) in [4.78, 5) is 41.3. The van der Waals surface area contributed by atoms with Crippen molar-refractivity contribution in [3.8, 4) is 0 Å². The van der Waals surface area contributed by atoms with Crippen molar-refractivity contribution < 1.29 is 29.3 Å². The highest BCUT2D eigenvalue weighted by Crippen LogP contribution is 2.30. The van der Waals surface area contributed by atoms with Crippen LogP contribution in [0.1, 0.15) is 30.6 Å². The molecule has 0 aliphatic carbocycles. The number of aliphatic hydroxyl groups excluding tert-OH is 2. The van der Waals surface area contributed by atoms with Gasteiger partial charge in [-0.1, -0.05) is 37.0 Å². The van der Waals surface area contributed by atoms with Gasteiger partial charge in [-0.3, -0.25) is 14.4 Å². The molecule has 9 nitrogen and oxygen atoms in total. The van der Waals surface area contributed by atoms with Gasteiger partial charge in [0.15, 0.2) is 11.4 Å². The normalized spacial score (nSPS) is 20.1. The molecule has 1 aromatic rings. The summed E-state index contributed by atoms with van der Waals surface area (Å²) in [6.07, 6.45) is 1.48. The number of Topliss-reactive ketones (excluding diaryl/α,β-unsaturated/α-hetero) is 1. The van der Waals surface area contributed by atoms with Crippen LogP contribution >= 0.6 is 23.2 Å². The van der Waals surface area contributed by atoms with Gasteiger partial charge in [-0.15, -0.1) is 0 Å². The Labute approximate surface area is 177 Å². The molecular formula is C18H23Cl2N3O6. The van der Waals surface area contributed by atoms with E-state index in [1.165, 1.54) is 12.3 Å². The van der Waals surface area contributed by atoms with Gasteiger partial charge in [-0.05, 0) is 18.4 Å². The molecule has 2 rings (SSSR count). The number of ether oxygens (including phenoxy) is 1. The summed E-state index contributed by atoms with van der Waals surface area (Å²) in [5.41, 5.74) is -1.25. The van der Waals surface area contributed by atoms with Crippen LogP contribution in [-0.4, -0.2) is 70.3 Å². The first-order valence-electron chi connectivity index (χ1n) is 8.95. The average Bonchev–Trinajstić information content (AvgIpc) is 3.47. The van der Waals surface area contributed by atoms with Gasteiger partial charge in [0.1, 0.15) is 11.2 Å². The van der Waals surface area contributed by atoms with Gasteiger partial charge in [-0.25, -0.2) is 4.98 Å². The summed E-state index contributed by atoms with van der Waals surface area (Å²) in [7, 11) is 0. The predicted molar refractivity (Wildman–Crippen MR) is 105 cm³/mol. The topological polar surface area (TPSA) is 141 Å². The number of pyridine rings is 1. The molecule has 0 spiro atoms. The van der Waals surface area contributed by atoms with Gasteiger partial charge in [0.25, 0.3) is 5.91 Å². The fourth-order valence-electron chi connectivity index (χ4n) is 2.67. The minimum absolute atomic E-state index is 0.0230. The molecule has 1 saturated heterocycles. The average molecular weight is 448 g/mol. The number of carbonyl (C=O) groups excluding carboxylic acids is 3. The maximum Gasteiger partial charge on any atom is 0.253 e. The predicted octanol–water partition coefficient (Wildman–Crippen LogP) is 0.340. The molecule has 29 heavy (non-hydrogen) atoms. The fraction of sp³-hybridized carbons (Fsp3) is 0.556. The van der Waals surface area contributed by atoms with E-state index >= 15 is 0 Å². The van der Waals surface area contributed by atoms with E-state index in [1.807, 2.05) is 13.8 Å². The standard InChI is InChI=1S/C18H23Cl2N3O6/c1-9(2)3-12(14(26)18(7-25)8-29-18)22-17(28)13(6-24)23-16(27)10-4-11(19)15(20)21-5-10/h4-5,9,12-13,24-25H,3,6-8H2,1-2H3,(H,22,28)(H,23,27)/t12-,13-,18+/m0/s1. The van der Waals surface area contributed by atoms with Crippen LogP contribution in [0, 0.1) is 5.92 Å². The van der Waals surface area contributed by atoms with Crippen molar-refractivity contribution in [2.45, 2.75) is 38.0 Å². The Morgan fingerprint density at radius 1 is 1.24 bits per heavy atom. The number of aliphatic hydroxyl groups is 2. The van der Waals surface area contributed by atoms with Crippen LogP contribution in [0.5, 0.6) is 0 Å². The van der Waals surface area contributed by atoms with E-state index in [1.54, 1.807) is 0 Å². The maximum atomic E-state index is 12.7. The lowest BCUT2D eigenvalue weighted by molar-refractivity contribution is -0.133. The highest BCUT2D eigenvalue weighted by atomic mass is 35.5. The summed E-state index contributed by atoms with van der Waals surface area (Å²) in [6.45, 7) is 2.64. The Morgan fingerprint density at radius 3 is 2.38 bits per heavy atom. The minimum atomic E-state index is -1.32. The second kappa shape index (κ2) is 9.82. The van der Waals surface area contributed by atoms with Crippen molar-refractivity contribution in [2.24, 2.45) is 5.92 Å². The second-order valence-electron chi connectivity index (χ2n) is 7.20. The van der Waals surface area contributed by atoms with Crippen LogP contribution in [0.2, 0.25) is 10.2 Å². The SMILES string of the molecule is CC(C)C[C@H](NC(=O)[C@H](CO)NC(=O)c1cnc(Cl)c(Cl)c1)C(=O)[C@@]1(CO)CO1. The quantitative estimate of drug-likeness (QED) is 0.299. The van der Waals surface area contributed by atoms with Crippen LogP contribution in [0.4, 0.5) is 0 Å². The molecular weight excluding hydrogens is 425 g/mol. The lowest BCUT2D eigenvalue weighted by atomic mass is 9.92. The molecule has 2 amide bonds. The molecule has 0 saturated carbocycles. The van der Waals surface area contributed by atoms with E-state index in [0.717, 1.165) is 0 Å². The van der Waals surface area contributed by atoms with Gasteiger partial charge >= 0.3 is 0 Å². The van der Waals surface area contributed by atoms with Crippen LogP contribution in [-0.2, 0) is 14.3 Å². The molecule has 1 fully saturated rings. The van der Waals surface area contributed by atoms with Crippen molar-refractivity contribution in [3.05, 3.63) is 28.0 Å². The highest BCUT2D eigenvalue weighted by molar-refractivity contribution is 6.41. The van der Waals surface area contributed by atoms with Crippen molar-refractivity contribution >= 4 is 40.8 Å². The molecule has 1 aliphatic heterocycles. The molecule has 2 heterocycles. The van der Waals surface area contributed by atoms with Crippen LogP contribution < -0.4 is 10.6 Å². The lowest BCUT2D eigenvalue weighted by Crippen LogP contribution is -2.55. The largest absolute Gasteiger partial charge is 0.394 e. The molecule has 0 unspecified atom stereocenters. The first-order valence-corrected chi connectivity index (χ1v) is 9.71. The molecule has 4 N–H and O–H groups in total. The summed E-state index contributed by atoms with van der Waals surface area (Å²) < 4.78 is 5.08. The Kier molecular flexibility index (Phi) is 7.95. The molecule has 160 valence electrons. The summed E-state index contributed by atoms with van der Waals surface area (Å²) in [5.74, 6) is -1.84. The zero-order chi connectivity index (χ0) is 21.8. The smallest absolute Gasteiger partial charge is 0.253 e. The number of rotatable bonds is 10. The van der Waals surface area contributed by atoms with Crippen molar-refractivity contribution in [1.29, 1.82) is 0 Å². The third-order valence-electron chi connectivity index (χ3n) is 4.40. The molecule has 11 heteroatoms. The van der Waals surface area contributed by atoms with Gasteiger partial charge < -0.3 is 25.6 Å². The molecule has 0 aromatic carbocycles. The van der Waals surface area contributed by atoms with Crippen molar-refractivity contribution in [3.63, 3.8) is 0 Å². The lowest BCUT2D eigenvalue weighted by Gasteiger charge is -2.24. The molecule has 1 aliphatic rings. The third-order valence-corrected chi connectivity index (χ3v) is 5.09.